The smallest absolute Gasteiger partial charge is 0.270 e. The zero-order valence-corrected chi connectivity index (χ0v) is 12.3. The summed E-state index contributed by atoms with van der Waals surface area (Å²) in [6, 6.07) is 4.58. The molecule has 4 heteroatoms. The molecule has 0 saturated carbocycles. The molecule has 0 aliphatic heterocycles. The van der Waals surface area contributed by atoms with Crippen molar-refractivity contribution in [2.24, 2.45) is 0 Å². The number of rotatable bonds is 5. The first-order chi connectivity index (χ1) is 9.58. The molecule has 0 spiro atoms. The lowest BCUT2D eigenvalue weighted by Gasteiger charge is -2.21. The molecule has 0 fully saturated rings. The highest BCUT2D eigenvalue weighted by Crippen LogP contribution is 2.23. The third-order valence-electron chi connectivity index (χ3n) is 3.51. The quantitative estimate of drug-likeness (QED) is 0.884. The minimum Gasteiger partial charge on any atom is -0.350 e. The van der Waals surface area contributed by atoms with Crippen LogP contribution in [0.5, 0.6) is 0 Å². The van der Waals surface area contributed by atoms with E-state index < -0.39 is 0 Å². The fourth-order valence-corrected chi connectivity index (χ4v) is 2.54. The van der Waals surface area contributed by atoms with Gasteiger partial charge in [-0.15, -0.1) is 0 Å². The maximum Gasteiger partial charge on any atom is 0.270 e. The Morgan fingerprint density at radius 3 is 2.50 bits per heavy atom. The number of amides is 1. The Bertz CT molecular complexity index is 612. The first kappa shape index (κ1) is 14.6. The van der Waals surface area contributed by atoms with E-state index >= 15 is 0 Å². The minimum absolute atomic E-state index is 0.00260. The number of hydrogen-bond acceptors (Lipinski definition) is 1. The number of carbonyl (C=O) groups excluding carboxylic acids is 1. The van der Waals surface area contributed by atoms with Crippen LogP contribution in [0.25, 0.3) is 10.9 Å². The van der Waals surface area contributed by atoms with Crippen LogP contribution in [-0.2, 0) is 0 Å². The van der Waals surface area contributed by atoms with Crippen LogP contribution < -0.4 is 0 Å². The summed E-state index contributed by atoms with van der Waals surface area (Å²) in [6.07, 6.45) is 1.86. The van der Waals surface area contributed by atoms with E-state index in [1.807, 2.05) is 11.8 Å². The van der Waals surface area contributed by atoms with Crippen molar-refractivity contribution in [2.75, 3.05) is 13.1 Å². The van der Waals surface area contributed by atoms with Gasteiger partial charge in [-0.3, -0.25) is 4.79 Å². The summed E-state index contributed by atoms with van der Waals surface area (Å²) in [5.41, 5.74) is 2.15. The van der Waals surface area contributed by atoms with Crippen molar-refractivity contribution in [3.8, 4) is 0 Å². The molecule has 0 aliphatic carbocycles. The average molecular weight is 276 g/mol. The average Bonchev–Trinajstić information content (AvgIpc) is 2.74. The van der Waals surface area contributed by atoms with E-state index in [4.69, 9.17) is 0 Å². The maximum absolute atomic E-state index is 13.3. The van der Waals surface area contributed by atoms with Crippen molar-refractivity contribution >= 4 is 16.8 Å². The molecular formula is C16H21FN2O. The topological polar surface area (TPSA) is 36.1 Å². The molecule has 0 aliphatic rings. The van der Waals surface area contributed by atoms with Gasteiger partial charge in [0.2, 0.25) is 0 Å². The molecule has 0 unspecified atom stereocenters. The molecular weight excluding hydrogens is 255 g/mol. The Labute approximate surface area is 118 Å². The second-order valence-corrected chi connectivity index (χ2v) is 5.11. The molecule has 0 radical (unpaired) electrons. The van der Waals surface area contributed by atoms with Gasteiger partial charge in [-0.25, -0.2) is 4.39 Å². The van der Waals surface area contributed by atoms with E-state index in [1.54, 1.807) is 6.07 Å². The van der Waals surface area contributed by atoms with Crippen LogP contribution in [0.15, 0.2) is 18.2 Å². The number of H-pyrrole nitrogens is 1. The van der Waals surface area contributed by atoms with Crippen LogP contribution in [-0.4, -0.2) is 28.9 Å². The molecule has 1 N–H and O–H groups in total. The third-order valence-corrected chi connectivity index (χ3v) is 3.51. The van der Waals surface area contributed by atoms with Gasteiger partial charge in [0, 0.05) is 24.0 Å². The Kier molecular flexibility index (Phi) is 4.42. The number of fused-ring (bicyclic) bond motifs is 1. The standard InChI is InChI=1S/C16H21FN2O/c1-4-8-19(9-5-2)16(20)15-11(3)13-7-6-12(17)10-14(13)18-15/h6-7,10,18H,4-5,8-9H2,1-3H3. The number of benzene rings is 1. The van der Waals surface area contributed by atoms with E-state index in [-0.39, 0.29) is 11.7 Å². The Hall–Kier alpha value is -1.84. The van der Waals surface area contributed by atoms with Crippen LogP contribution >= 0.6 is 0 Å². The van der Waals surface area contributed by atoms with Crippen molar-refractivity contribution in [1.29, 1.82) is 0 Å². The number of carbonyl (C=O) groups is 1. The molecule has 1 aromatic heterocycles. The minimum atomic E-state index is -0.295. The summed E-state index contributed by atoms with van der Waals surface area (Å²) in [5, 5.41) is 0.905. The van der Waals surface area contributed by atoms with Gasteiger partial charge in [-0.2, -0.15) is 0 Å². The van der Waals surface area contributed by atoms with Gasteiger partial charge in [0.05, 0.1) is 0 Å². The number of aryl methyl sites for hydroxylation is 1. The largest absolute Gasteiger partial charge is 0.350 e. The predicted octanol–water partition coefficient (Wildman–Crippen LogP) is 3.88. The number of halogens is 1. The van der Waals surface area contributed by atoms with Gasteiger partial charge in [0.1, 0.15) is 11.5 Å². The van der Waals surface area contributed by atoms with Gasteiger partial charge in [-0.1, -0.05) is 13.8 Å². The van der Waals surface area contributed by atoms with Gasteiger partial charge in [0.15, 0.2) is 0 Å². The SMILES string of the molecule is CCCN(CCC)C(=O)c1[nH]c2cc(F)ccc2c1C. The highest BCUT2D eigenvalue weighted by Gasteiger charge is 2.20. The van der Waals surface area contributed by atoms with Crippen molar-refractivity contribution < 1.29 is 9.18 Å². The van der Waals surface area contributed by atoms with Crippen LogP contribution in [0.2, 0.25) is 0 Å². The summed E-state index contributed by atoms with van der Waals surface area (Å²) in [6.45, 7) is 7.51. The molecule has 1 aromatic carbocycles. The number of aromatic amines is 1. The van der Waals surface area contributed by atoms with E-state index in [2.05, 4.69) is 18.8 Å². The lowest BCUT2D eigenvalue weighted by molar-refractivity contribution is 0.0750. The number of nitrogens with one attached hydrogen (secondary N) is 1. The molecule has 1 amide bonds. The molecule has 0 bridgehead atoms. The van der Waals surface area contributed by atoms with Crippen molar-refractivity contribution in [3.63, 3.8) is 0 Å². The van der Waals surface area contributed by atoms with E-state index in [9.17, 15) is 9.18 Å². The summed E-state index contributed by atoms with van der Waals surface area (Å²) in [7, 11) is 0. The Morgan fingerprint density at radius 2 is 1.90 bits per heavy atom. The number of hydrogen-bond donors (Lipinski definition) is 1. The molecule has 0 atom stereocenters. The lowest BCUT2D eigenvalue weighted by Crippen LogP contribution is -2.33. The second kappa shape index (κ2) is 6.07. The van der Waals surface area contributed by atoms with Gasteiger partial charge in [0.25, 0.3) is 5.91 Å². The van der Waals surface area contributed by atoms with E-state index in [0.29, 0.717) is 11.2 Å². The fraction of sp³-hybridized carbons (Fsp3) is 0.438. The highest BCUT2D eigenvalue weighted by atomic mass is 19.1. The van der Waals surface area contributed by atoms with E-state index in [1.165, 1.54) is 12.1 Å². The fourth-order valence-electron chi connectivity index (χ4n) is 2.54. The monoisotopic (exact) mass is 276 g/mol. The first-order valence-electron chi connectivity index (χ1n) is 7.15. The lowest BCUT2D eigenvalue weighted by atomic mass is 10.1. The molecule has 2 aromatic rings. The predicted molar refractivity (Wildman–Crippen MR) is 79.5 cm³/mol. The van der Waals surface area contributed by atoms with Crippen molar-refractivity contribution in [1.82, 2.24) is 9.88 Å². The van der Waals surface area contributed by atoms with Crippen molar-refractivity contribution in [3.05, 3.63) is 35.3 Å². The van der Waals surface area contributed by atoms with Crippen LogP contribution in [0.4, 0.5) is 4.39 Å². The first-order valence-corrected chi connectivity index (χ1v) is 7.15. The highest BCUT2D eigenvalue weighted by molar-refractivity contribution is 6.00. The zero-order chi connectivity index (χ0) is 14.7. The number of nitrogens with zero attached hydrogens (tertiary/aromatic N) is 1. The van der Waals surface area contributed by atoms with Crippen LogP contribution in [0, 0.1) is 12.7 Å². The molecule has 0 saturated heterocycles. The molecule has 2 rings (SSSR count). The van der Waals surface area contributed by atoms with Crippen LogP contribution in [0.1, 0.15) is 42.7 Å². The normalized spacial score (nSPS) is 11.0. The third kappa shape index (κ3) is 2.69. The zero-order valence-electron chi connectivity index (χ0n) is 12.3. The van der Waals surface area contributed by atoms with Crippen molar-refractivity contribution in [2.45, 2.75) is 33.6 Å². The Balaban J connectivity index is 2.40. The van der Waals surface area contributed by atoms with Gasteiger partial charge < -0.3 is 9.88 Å². The molecule has 20 heavy (non-hydrogen) atoms. The van der Waals surface area contributed by atoms with Crippen LogP contribution in [0.3, 0.4) is 0 Å². The summed E-state index contributed by atoms with van der Waals surface area (Å²) < 4.78 is 13.3. The summed E-state index contributed by atoms with van der Waals surface area (Å²) in [4.78, 5) is 17.5. The van der Waals surface area contributed by atoms with E-state index in [0.717, 1.165) is 36.9 Å². The summed E-state index contributed by atoms with van der Waals surface area (Å²) in [5.74, 6) is -0.292. The molecule has 108 valence electrons. The second-order valence-electron chi connectivity index (χ2n) is 5.11. The summed E-state index contributed by atoms with van der Waals surface area (Å²) >= 11 is 0. The number of aromatic nitrogens is 1. The molecule has 3 nitrogen and oxygen atoms in total. The Morgan fingerprint density at radius 1 is 1.25 bits per heavy atom. The maximum atomic E-state index is 13.3. The molecule has 1 heterocycles. The van der Waals surface area contributed by atoms with Gasteiger partial charge >= 0.3 is 0 Å². The van der Waals surface area contributed by atoms with Gasteiger partial charge in [-0.05, 0) is 43.5 Å².